The quantitative estimate of drug-likeness (QED) is 0.747. The lowest BCUT2D eigenvalue weighted by molar-refractivity contribution is -0.136. The van der Waals surface area contributed by atoms with Gasteiger partial charge in [-0.3, -0.25) is 4.79 Å². The number of carboxylic acid groups (broad SMARTS) is 1. The average Bonchev–Trinajstić information content (AvgIpc) is 2.09. The normalized spacial score (nSPS) is 9.91. The molecule has 0 aromatic carbocycles. The number of hydrogen-bond acceptors (Lipinski definition) is 3. The molecule has 60 valence electrons. The summed E-state index contributed by atoms with van der Waals surface area (Å²) in [4.78, 5) is 10.9. The second-order valence-corrected chi connectivity index (χ2v) is 3.77. The van der Waals surface area contributed by atoms with Crippen LogP contribution in [-0.4, -0.2) is 11.1 Å². The number of nitrogens with two attached hydrogens (primary N) is 1. The number of hydrogen-bond donors (Lipinski definition) is 2. The van der Waals surface area contributed by atoms with Gasteiger partial charge >= 0.3 is 5.97 Å². The first-order chi connectivity index (χ1) is 5.09. The molecular weight excluding hydrogens is 186 g/mol. The van der Waals surface area contributed by atoms with E-state index < -0.39 is 5.97 Å². The summed E-state index contributed by atoms with van der Waals surface area (Å²) >= 11 is 6.80. The minimum atomic E-state index is -0.893. The van der Waals surface area contributed by atoms with Gasteiger partial charge in [0.05, 0.1) is 10.8 Å². The van der Waals surface area contributed by atoms with Crippen molar-refractivity contribution in [3.8, 4) is 0 Å². The molecule has 1 rings (SSSR count). The predicted molar refractivity (Wildman–Crippen MR) is 45.1 cm³/mol. The lowest BCUT2D eigenvalue weighted by Crippen LogP contribution is -1.99. The Balaban J connectivity index is 2.85. The molecule has 5 heteroatoms. The van der Waals surface area contributed by atoms with Gasteiger partial charge in [0.1, 0.15) is 0 Å². The van der Waals surface area contributed by atoms with Gasteiger partial charge in [0.25, 0.3) is 0 Å². The maximum absolute atomic E-state index is 10.2. The fraction of sp³-hybridized carbons (Fsp3) is 0.167. The molecule has 3 nitrogen and oxygen atoms in total. The van der Waals surface area contributed by atoms with E-state index in [1.165, 1.54) is 11.3 Å². The number of thiophene rings is 1. The molecule has 0 aliphatic heterocycles. The number of aliphatic carboxylic acids is 1. The monoisotopic (exact) mass is 191 g/mol. The van der Waals surface area contributed by atoms with Crippen LogP contribution in [-0.2, 0) is 11.2 Å². The van der Waals surface area contributed by atoms with E-state index in [4.69, 9.17) is 22.4 Å². The highest BCUT2D eigenvalue weighted by Crippen LogP contribution is 2.28. The molecule has 0 radical (unpaired) electrons. The molecule has 0 saturated heterocycles. The zero-order valence-electron chi connectivity index (χ0n) is 5.50. The summed E-state index contributed by atoms with van der Waals surface area (Å²) < 4.78 is 0.527. The van der Waals surface area contributed by atoms with Crippen molar-refractivity contribution in [2.75, 3.05) is 5.73 Å². The Hall–Kier alpha value is -0.740. The summed E-state index contributed by atoms with van der Waals surface area (Å²) in [5.41, 5.74) is 5.91. The molecule has 1 aromatic rings. The topological polar surface area (TPSA) is 63.3 Å². The Bertz CT molecular complexity index is 284. The summed E-state index contributed by atoms with van der Waals surface area (Å²) in [6.45, 7) is 0. The van der Waals surface area contributed by atoms with Crippen molar-refractivity contribution in [3.63, 3.8) is 0 Å². The van der Waals surface area contributed by atoms with Gasteiger partial charge in [-0.2, -0.15) is 0 Å². The van der Waals surface area contributed by atoms with Crippen LogP contribution in [0.3, 0.4) is 0 Å². The van der Waals surface area contributed by atoms with Crippen LogP contribution < -0.4 is 5.73 Å². The molecule has 0 aliphatic rings. The van der Waals surface area contributed by atoms with Gasteiger partial charge in [-0.05, 0) is 6.07 Å². The first kappa shape index (κ1) is 8.36. The average molecular weight is 192 g/mol. The molecular formula is C6H6ClNO2S. The summed E-state index contributed by atoms with van der Waals surface area (Å²) in [5.74, 6) is -0.893. The number of anilines is 1. The molecule has 0 bridgehead atoms. The van der Waals surface area contributed by atoms with Crippen LogP contribution in [0.15, 0.2) is 6.07 Å². The van der Waals surface area contributed by atoms with E-state index in [0.717, 1.165) is 0 Å². The third-order valence-corrected chi connectivity index (χ3v) is 2.40. The molecule has 0 fully saturated rings. The third kappa shape index (κ3) is 2.10. The second-order valence-electron chi connectivity index (χ2n) is 2.00. The van der Waals surface area contributed by atoms with Crippen LogP contribution in [0.5, 0.6) is 0 Å². The molecule has 0 saturated carbocycles. The lowest BCUT2D eigenvalue weighted by Gasteiger charge is -1.91. The zero-order chi connectivity index (χ0) is 8.43. The minimum absolute atomic E-state index is 0.0524. The molecule has 1 heterocycles. The maximum atomic E-state index is 10.2. The van der Waals surface area contributed by atoms with Crippen LogP contribution in [0.4, 0.5) is 5.69 Å². The standard InChI is InChI=1S/C6H6ClNO2S/c7-5-1-3(8)4(11-5)2-6(9)10/h1H,2,8H2,(H,9,10). The molecule has 0 amide bonds. The van der Waals surface area contributed by atoms with Gasteiger partial charge in [-0.1, -0.05) is 11.6 Å². The van der Waals surface area contributed by atoms with Gasteiger partial charge in [0, 0.05) is 10.6 Å². The van der Waals surface area contributed by atoms with E-state index in [0.29, 0.717) is 14.9 Å². The van der Waals surface area contributed by atoms with E-state index in [2.05, 4.69) is 0 Å². The van der Waals surface area contributed by atoms with Crippen molar-refractivity contribution >= 4 is 34.6 Å². The number of carboxylic acids is 1. The van der Waals surface area contributed by atoms with Crippen molar-refractivity contribution in [1.82, 2.24) is 0 Å². The highest BCUT2D eigenvalue weighted by Gasteiger charge is 2.08. The molecule has 3 N–H and O–H groups in total. The first-order valence-corrected chi connectivity index (χ1v) is 4.04. The minimum Gasteiger partial charge on any atom is -0.481 e. The van der Waals surface area contributed by atoms with E-state index in [1.54, 1.807) is 6.07 Å². The Morgan fingerprint density at radius 3 is 2.82 bits per heavy atom. The molecule has 1 aromatic heterocycles. The van der Waals surface area contributed by atoms with E-state index in [1.807, 2.05) is 0 Å². The van der Waals surface area contributed by atoms with Crippen molar-refractivity contribution < 1.29 is 9.90 Å². The highest BCUT2D eigenvalue weighted by molar-refractivity contribution is 7.16. The van der Waals surface area contributed by atoms with Gasteiger partial charge in [0.2, 0.25) is 0 Å². The molecule has 0 aliphatic carbocycles. The fourth-order valence-electron chi connectivity index (χ4n) is 0.684. The van der Waals surface area contributed by atoms with Crippen LogP contribution in [0.25, 0.3) is 0 Å². The van der Waals surface area contributed by atoms with E-state index in [9.17, 15) is 4.79 Å². The number of rotatable bonds is 2. The summed E-state index contributed by atoms with van der Waals surface area (Å²) in [5, 5.41) is 8.41. The molecule has 0 spiro atoms. The van der Waals surface area contributed by atoms with Gasteiger partial charge < -0.3 is 10.8 Å². The predicted octanol–water partition coefficient (Wildman–Crippen LogP) is 1.61. The van der Waals surface area contributed by atoms with Crippen LogP contribution in [0.1, 0.15) is 4.88 Å². The van der Waals surface area contributed by atoms with E-state index in [-0.39, 0.29) is 6.42 Å². The second kappa shape index (κ2) is 3.11. The Kier molecular flexibility index (Phi) is 2.36. The number of carbonyl (C=O) groups is 1. The summed E-state index contributed by atoms with van der Waals surface area (Å²) in [6, 6.07) is 1.56. The smallest absolute Gasteiger partial charge is 0.308 e. The number of nitrogen functional groups attached to an aromatic ring is 1. The fourth-order valence-corrected chi connectivity index (χ4v) is 1.87. The van der Waals surface area contributed by atoms with Gasteiger partial charge in [-0.25, -0.2) is 0 Å². The van der Waals surface area contributed by atoms with Crippen LogP contribution >= 0.6 is 22.9 Å². The largest absolute Gasteiger partial charge is 0.481 e. The maximum Gasteiger partial charge on any atom is 0.308 e. The van der Waals surface area contributed by atoms with Crippen LogP contribution in [0.2, 0.25) is 4.34 Å². The lowest BCUT2D eigenvalue weighted by atomic mass is 10.3. The molecule has 0 unspecified atom stereocenters. The van der Waals surface area contributed by atoms with Gasteiger partial charge in [0.15, 0.2) is 0 Å². The number of halogens is 1. The molecule has 0 atom stereocenters. The van der Waals surface area contributed by atoms with Gasteiger partial charge in [-0.15, -0.1) is 11.3 Å². The first-order valence-electron chi connectivity index (χ1n) is 2.85. The van der Waals surface area contributed by atoms with E-state index >= 15 is 0 Å². The van der Waals surface area contributed by atoms with Crippen molar-refractivity contribution in [3.05, 3.63) is 15.3 Å². The third-order valence-electron chi connectivity index (χ3n) is 1.12. The Morgan fingerprint density at radius 2 is 2.45 bits per heavy atom. The Labute approximate surface area is 72.4 Å². The summed E-state index contributed by atoms with van der Waals surface area (Å²) in [6.07, 6.45) is -0.0524. The SMILES string of the molecule is Nc1cc(Cl)sc1CC(=O)O. The Morgan fingerprint density at radius 1 is 1.82 bits per heavy atom. The highest BCUT2D eigenvalue weighted by atomic mass is 35.5. The van der Waals surface area contributed by atoms with Crippen molar-refractivity contribution in [1.29, 1.82) is 0 Å². The zero-order valence-corrected chi connectivity index (χ0v) is 7.08. The summed E-state index contributed by atoms with van der Waals surface area (Å²) in [7, 11) is 0. The van der Waals surface area contributed by atoms with Crippen LogP contribution in [0, 0.1) is 0 Å². The molecule has 11 heavy (non-hydrogen) atoms. The van der Waals surface area contributed by atoms with Crippen molar-refractivity contribution in [2.45, 2.75) is 6.42 Å². The van der Waals surface area contributed by atoms with Crippen molar-refractivity contribution in [2.24, 2.45) is 0 Å².